The lowest BCUT2D eigenvalue weighted by molar-refractivity contribution is -0.200. The van der Waals surface area contributed by atoms with E-state index in [0.29, 0.717) is 31.2 Å². The highest BCUT2D eigenvalue weighted by molar-refractivity contribution is 5.93. The number of carbonyl (C=O) groups excluding carboxylic acids is 3. The SMILES string of the molecule is CC(C)C[C@]1(C)C[C@@H](OC(=O)NC(=O)[C@H]2CN3CC[C@H]2C3)[C@@]2(C)C3C(=O)CCC3(CC[C@H]2C)[C@@H](C)[C@@H]1O. The van der Waals surface area contributed by atoms with Crippen molar-refractivity contribution in [3.63, 3.8) is 0 Å². The normalized spacial score (nSPS) is 48.9. The molecule has 2 amide bonds. The highest BCUT2D eigenvalue weighted by Gasteiger charge is 2.68. The van der Waals surface area contributed by atoms with Crippen molar-refractivity contribution in [3.8, 4) is 0 Å². The zero-order valence-electron chi connectivity index (χ0n) is 23.7. The summed E-state index contributed by atoms with van der Waals surface area (Å²) in [5, 5.41) is 14.5. The topological polar surface area (TPSA) is 95.9 Å². The third-order valence-electron chi connectivity index (χ3n) is 11.9. The second-order valence-corrected chi connectivity index (χ2v) is 14.4. The summed E-state index contributed by atoms with van der Waals surface area (Å²) in [6, 6.07) is 0. The molecular formula is C30H48N2O5. The minimum Gasteiger partial charge on any atom is -0.445 e. The first-order valence-electron chi connectivity index (χ1n) is 14.8. The Bertz CT molecular complexity index is 952. The second kappa shape index (κ2) is 9.32. The van der Waals surface area contributed by atoms with E-state index in [4.69, 9.17) is 4.74 Å². The van der Waals surface area contributed by atoms with Gasteiger partial charge in [0, 0.05) is 30.8 Å². The van der Waals surface area contributed by atoms with Crippen molar-refractivity contribution in [2.24, 2.45) is 51.8 Å². The summed E-state index contributed by atoms with van der Waals surface area (Å²) in [5.74, 6) is 0.446. The molecule has 208 valence electrons. The van der Waals surface area contributed by atoms with Gasteiger partial charge in [-0.15, -0.1) is 0 Å². The van der Waals surface area contributed by atoms with Crippen LogP contribution in [0.15, 0.2) is 0 Å². The smallest absolute Gasteiger partial charge is 0.414 e. The van der Waals surface area contributed by atoms with Crippen LogP contribution in [0.1, 0.15) is 86.5 Å². The summed E-state index contributed by atoms with van der Waals surface area (Å²) < 4.78 is 6.26. The van der Waals surface area contributed by atoms with Crippen molar-refractivity contribution < 1.29 is 24.2 Å². The maximum Gasteiger partial charge on any atom is 0.414 e. The van der Waals surface area contributed by atoms with Crippen LogP contribution in [0.3, 0.4) is 0 Å². The fourth-order valence-corrected chi connectivity index (χ4v) is 9.92. The number of amides is 2. The molecule has 3 aliphatic carbocycles. The lowest BCUT2D eigenvalue weighted by atomic mass is 9.43. The number of aliphatic hydroxyl groups is 1. The molecule has 2 heterocycles. The van der Waals surface area contributed by atoms with Crippen LogP contribution in [-0.4, -0.2) is 59.6 Å². The highest BCUT2D eigenvalue weighted by Crippen LogP contribution is 2.68. The van der Waals surface area contributed by atoms with E-state index in [1.165, 1.54) is 0 Å². The number of imide groups is 1. The van der Waals surface area contributed by atoms with E-state index in [1.807, 2.05) is 0 Å². The van der Waals surface area contributed by atoms with Crippen LogP contribution in [0.5, 0.6) is 0 Å². The fraction of sp³-hybridized carbons (Fsp3) is 0.900. The molecule has 0 spiro atoms. The van der Waals surface area contributed by atoms with Crippen LogP contribution in [0.2, 0.25) is 0 Å². The fourth-order valence-electron chi connectivity index (χ4n) is 9.92. The molecule has 0 radical (unpaired) electrons. The van der Waals surface area contributed by atoms with Crippen molar-refractivity contribution in [3.05, 3.63) is 0 Å². The summed E-state index contributed by atoms with van der Waals surface area (Å²) in [6.07, 6.45) is 3.63. The molecule has 7 nitrogen and oxygen atoms in total. The first-order valence-corrected chi connectivity index (χ1v) is 14.8. The van der Waals surface area contributed by atoms with Crippen molar-refractivity contribution >= 4 is 17.8 Å². The van der Waals surface area contributed by atoms with Crippen molar-refractivity contribution in [1.82, 2.24) is 10.2 Å². The molecule has 2 N–H and O–H groups in total. The van der Waals surface area contributed by atoms with Crippen molar-refractivity contribution in [2.45, 2.75) is 98.7 Å². The van der Waals surface area contributed by atoms with Crippen LogP contribution in [-0.2, 0) is 14.3 Å². The number of aliphatic hydroxyl groups excluding tert-OH is 1. The van der Waals surface area contributed by atoms with Crippen LogP contribution in [0.25, 0.3) is 0 Å². The summed E-state index contributed by atoms with van der Waals surface area (Å²) >= 11 is 0. The Kier molecular flexibility index (Phi) is 6.83. The largest absolute Gasteiger partial charge is 0.445 e. The Hall–Kier alpha value is -1.47. The van der Waals surface area contributed by atoms with E-state index >= 15 is 0 Å². The summed E-state index contributed by atoms with van der Waals surface area (Å²) in [6.45, 7) is 15.6. The summed E-state index contributed by atoms with van der Waals surface area (Å²) in [7, 11) is 0. The van der Waals surface area contributed by atoms with Gasteiger partial charge in [0.15, 0.2) is 0 Å². The maximum absolute atomic E-state index is 13.6. The Labute approximate surface area is 222 Å². The minimum atomic E-state index is -0.696. The van der Waals surface area contributed by atoms with E-state index in [1.54, 1.807) is 0 Å². The average Bonchev–Trinajstić information content (AvgIpc) is 3.54. The number of carbonyl (C=O) groups is 3. The van der Waals surface area contributed by atoms with Gasteiger partial charge in [-0.2, -0.15) is 0 Å². The Balaban J connectivity index is 1.47. The van der Waals surface area contributed by atoms with Gasteiger partial charge in [-0.1, -0.05) is 41.5 Å². The number of Topliss-reactive ketones (excluding diaryl/α,β-unsaturated/α-hetero) is 1. The molecule has 0 aromatic heterocycles. The van der Waals surface area contributed by atoms with Crippen LogP contribution < -0.4 is 5.32 Å². The van der Waals surface area contributed by atoms with E-state index < -0.39 is 29.1 Å². The number of piperidine rings is 1. The number of nitrogens with one attached hydrogen (secondary N) is 1. The van der Waals surface area contributed by atoms with Crippen LogP contribution >= 0.6 is 0 Å². The number of ketones is 1. The molecule has 2 aliphatic heterocycles. The van der Waals surface area contributed by atoms with E-state index in [2.05, 4.69) is 51.8 Å². The van der Waals surface area contributed by atoms with E-state index in [9.17, 15) is 19.5 Å². The molecule has 0 aromatic rings. The molecular weight excluding hydrogens is 468 g/mol. The van der Waals surface area contributed by atoms with Gasteiger partial charge < -0.3 is 14.7 Å². The number of hydrogen-bond donors (Lipinski definition) is 2. The zero-order chi connectivity index (χ0) is 26.9. The van der Waals surface area contributed by atoms with Crippen LogP contribution in [0.4, 0.5) is 4.79 Å². The number of hydrogen-bond acceptors (Lipinski definition) is 6. The average molecular weight is 517 g/mol. The van der Waals surface area contributed by atoms with E-state index in [0.717, 1.165) is 45.2 Å². The number of alkyl carbamates (subject to hydrolysis) is 1. The quantitative estimate of drug-likeness (QED) is 0.575. The predicted octanol–water partition coefficient (Wildman–Crippen LogP) is 4.41. The number of nitrogens with zero attached hydrogens (tertiary/aromatic N) is 1. The lowest BCUT2D eigenvalue weighted by Crippen LogP contribution is -2.63. The van der Waals surface area contributed by atoms with Crippen molar-refractivity contribution in [1.29, 1.82) is 0 Å². The molecule has 7 heteroatoms. The molecule has 5 aliphatic rings. The molecule has 37 heavy (non-hydrogen) atoms. The standard InChI is InChI=1S/C30H48N2O5/c1-17(2)13-28(5)14-23(37-27(36)31-26(35)21-16-32-12-9-20(21)15-32)29(6)18(3)7-10-30(19(4)25(28)34)11-8-22(33)24(29)30/h17-21,23-25,34H,7-16H2,1-6H3,(H,31,35,36)/t18-,19+,20+,21+,23-,24?,25+,28-,29+,30?/m1/s1. The highest BCUT2D eigenvalue weighted by atomic mass is 16.6. The number of ether oxygens (including phenoxy) is 1. The molecule has 2 saturated heterocycles. The number of rotatable bonds is 4. The lowest BCUT2D eigenvalue weighted by Gasteiger charge is -2.62. The molecule has 3 unspecified atom stereocenters. The Morgan fingerprint density at radius 2 is 1.89 bits per heavy atom. The van der Waals surface area contributed by atoms with Gasteiger partial charge >= 0.3 is 6.09 Å². The van der Waals surface area contributed by atoms with Gasteiger partial charge in [0.2, 0.25) is 5.91 Å². The maximum atomic E-state index is 13.6. The minimum absolute atomic E-state index is 0.0105. The predicted molar refractivity (Wildman–Crippen MR) is 140 cm³/mol. The Morgan fingerprint density at radius 3 is 2.51 bits per heavy atom. The van der Waals surface area contributed by atoms with Crippen LogP contribution in [0, 0.1) is 51.8 Å². The van der Waals surface area contributed by atoms with Gasteiger partial charge in [0.05, 0.1) is 12.0 Å². The first-order chi connectivity index (χ1) is 17.3. The zero-order valence-corrected chi connectivity index (χ0v) is 23.7. The third-order valence-corrected chi connectivity index (χ3v) is 11.9. The van der Waals surface area contributed by atoms with Gasteiger partial charge in [-0.25, -0.2) is 4.79 Å². The monoisotopic (exact) mass is 516 g/mol. The summed E-state index contributed by atoms with van der Waals surface area (Å²) in [4.78, 5) is 42.2. The van der Waals surface area contributed by atoms with Gasteiger partial charge in [-0.05, 0) is 79.6 Å². The molecule has 5 fully saturated rings. The van der Waals surface area contributed by atoms with Crippen molar-refractivity contribution in [2.75, 3.05) is 19.6 Å². The first kappa shape index (κ1) is 27.1. The molecule has 5 rings (SSSR count). The number of fused-ring (bicyclic) bond motifs is 2. The Morgan fingerprint density at radius 1 is 1.16 bits per heavy atom. The molecule has 11 atom stereocenters. The van der Waals surface area contributed by atoms with Gasteiger partial charge in [0.25, 0.3) is 0 Å². The summed E-state index contributed by atoms with van der Waals surface area (Å²) in [5.41, 5.74) is -1.29. The second-order valence-electron chi connectivity index (χ2n) is 14.4. The third kappa shape index (κ3) is 4.18. The van der Waals surface area contributed by atoms with E-state index in [-0.39, 0.29) is 40.8 Å². The molecule has 4 bridgehead atoms. The van der Waals surface area contributed by atoms with Gasteiger partial charge in [-0.3, -0.25) is 14.9 Å². The molecule has 3 saturated carbocycles. The van der Waals surface area contributed by atoms with Gasteiger partial charge in [0.1, 0.15) is 11.9 Å². The molecule has 0 aromatic carbocycles.